The maximum absolute atomic E-state index is 11.9. The van der Waals surface area contributed by atoms with Crippen LogP contribution in [-0.2, 0) is 19.4 Å². The monoisotopic (exact) mass is 282 g/mol. The van der Waals surface area contributed by atoms with Gasteiger partial charge in [-0.1, -0.05) is 0 Å². The van der Waals surface area contributed by atoms with E-state index < -0.39 is 15.8 Å². The van der Waals surface area contributed by atoms with E-state index in [0.717, 1.165) is 0 Å². The van der Waals surface area contributed by atoms with Gasteiger partial charge in [-0.25, -0.2) is 8.42 Å². The first kappa shape index (κ1) is 15.1. The molecule has 6 nitrogen and oxygen atoms in total. The molecule has 0 atom stereocenters. The molecular formula is C12H14N2O4S. The molecule has 0 fully saturated rings. The average molecular weight is 282 g/mol. The summed E-state index contributed by atoms with van der Waals surface area (Å²) in [6, 6.07) is 7.62. The Kier molecular flexibility index (Phi) is 5.48. The number of hydrogen-bond acceptors (Lipinski definition) is 6. The van der Waals surface area contributed by atoms with Crippen molar-refractivity contribution in [2.45, 2.75) is 4.90 Å². The molecule has 0 amide bonds. The van der Waals surface area contributed by atoms with Crippen molar-refractivity contribution in [2.24, 2.45) is 0 Å². The number of esters is 1. The standard InChI is InChI=1S/C12H14N2O4S/c1-18-12(15)9-14-6-7-19(16,17)11-4-2-10(8-13)3-5-11/h2-5,14H,6-7,9H2,1H3. The van der Waals surface area contributed by atoms with E-state index in [0.29, 0.717) is 5.56 Å². The van der Waals surface area contributed by atoms with Crippen molar-refractivity contribution >= 4 is 15.8 Å². The van der Waals surface area contributed by atoms with E-state index in [9.17, 15) is 13.2 Å². The smallest absolute Gasteiger partial charge is 0.319 e. The van der Waals surface area contributed by atoms with Gasteiger partial charge in [0.1, 0.15) is 0 Å². The predicted molar refractivity (Wildman–Crippen MR) is 68.1 cm³/mol. The minimum Gasteiger partial charge on any atom is -0.468 e. The second-order valence-electron chi connectivity index (χ2n) is 3.71. The molecular weight excluding hydrogens is 268 g/mol. The summed E-state index contributed by atoms with van der Waals surface area (Å²) in [6.45, 7) is 0.122. The molecule has 0 spiro atoms. The molecule has 0 heterocycles. The third-order valence-corrected chi connectivity index (χ3v) is 4.12. The third-order valence-electron chi connectivity index (χ3n) is 2.39. The molecule has 0 aliphatic heterocycles. The molecule has 19 heavy (non-hydrogen) atoms. The summed E-state index contributed by atoms with van der Waals surface area (Å²) < 4.78 is 28.2. The first-order valence-corrected chi connectivity index (χ1v) is 7.15. The largest absolute Gasteiger partial charge is 0.468 e. The van der Waals surface area contributed by atoms with Gasteiger partial charge in [0.2, 0.25) is 0 Å². The highest BCUT2D eigenvalue weighted by Crippen LogP contribution is 2.11. The van der Waals surface area contributed by atoms with Crippen molar-refractivity contribution in [2.75, 3.05) is 26.0 Å². The van der Waals surface area contributed by atoms with Crippen LogP contribution in [0.3, 0.4) is 0 Å². The van der Waals surface area contributed by atoms with Crippen LogP contribution in [0, 0.1) is 11.3 Å². The topological polar surface area (TPSA) is 96.3 Å². The summed E-state index contributed by atoms with van der Waals surface area (Å²) >= 11 is 0. The fraction of sp³-hybridized carbons (Fsp3) is 0.333. The highest BCUT2D eigenvalue weighted by atomic mass is 32.2. The minimum atomic E-state index is -3.41. The summed E-state index contributed by atoms with van der Waals surface area (Å²) in [7, 11) is -2.15. The first-order valence-electron chi connectivity index (χ1n) is 5.50. The van der Waals surface area contributed by atoms with E-state index in [2.05, 4.69) is 10.1 Å². The van der Waals surface area contributed by atoms with Gasteiger partial charge in [0, 0.05) is 6.54 Å². The summed E-state index contributed by atoms with van der Waals surface area (Å²) in [5.41, 5.74) is 0.405. The molecule has 0 saturated carbocycles. The molecule has 7 heteroatoms. The molecule has 0 radical (unpaired) electrons. The fourth-order valence-corrected chi connectivity index (χ4v) is 2.52. The van der Waals surface area contributed by atoms with Crippen LogP contribution in [0.4, 0.5) is 0 Å². The highest BCUT2D eigenvalue weighted by Gasteiger charge is 2.14. The fourth-order valence-electron chi connectivity index (χ4n) is 1.32. The number of carbonyl (C=O) groups is 1. The van der Waals surface area contributed by atoms with Gasteiger partial charge < -0.3 is 10.1 Å². The van der Waals surface area contributed by atoms with Crippen LogP contribution in [0.15, 0.2) is 29.2 Å². The van der Waals surface area contributed by atoms with E-state index in [1.165, 1.54) is 31.4 Å². The molecule has 0 aromatic heterocycles. The van der Waals surface area contributed by atoms with Gasteiger partial charge in [0.15, 0.2) is 9.84 Å². The Morgan fingerprint density at radius 2 is 2.00 bits per heavy atom. The molecule has 1 N–H and O–H groups in total. The Labute approximate surface area is 111 Å². The van der Waals surface area contributed by atoms with Crippen LogP contribution in [0.5, 0.6) is 0 Å². The Morgan fingerprint density at radius 1 is 1.37 bits per heavy atom. The van der Waals surface area contributed by atoms with E-state index in [1.807, 2.05) is 6.07 Å². The van der Waals surface area contributed by atoms with Crippen LogP contribution >= 0.6 is 0 Å². The van der Waals surface area contributed by atoms with E-state index >= 15 is 0 Å². The van der Waals surface area contributed by atoms with Gasteiger partial charge in [-0.15, -0.1) is 0 Å². The second-order valence-corrected chi connectivity index (χ2v) is 5.82. The van der Waals surface area contributed by atoms with E-state index in [-0.39, 0.29) is 23.7 Å². The van der Waals surface area contributed by atoms with Crippen molar-refractivity contribution in [3.05, 3.63) is 29.8 Å². The molecule has 0 saturated heterocycles. The number of carbonyl (C=O) groups excluding carboxylic acids is 1. The lowest BCUT2D eigenvalue weighted by molar-refractivity contribution is -0.139. The number of nitriles is 1. The molecule has 1 aromatic carbocycles. The summed E-state index contributed by atoms with van der Waals surface area (Å²) in [4.78, 5) is 11.0. The van der Waals surface area contributed by atoms with Crippen molar-refractivity contribution in [3.8, 4) is 6.07 Å². The molecule has 0 aliphatic carbocycles. The molecule has 0 bridgehead atoms. The van der Waals surface area contributed by atoms with Gasteiger partial charge in [-0.3, -0.25) is 4.79 Å². The lowest BCUT2D eigenvalue weighted by atomic mass is 10.2. The van der Waals surface area contributed by atoms with Gasteiger partial charge in [-0.2, -0.15) is 5.26 Å². The quantitative estimate of drug-likeness (QED) is 0.587. The SMILES string of the molecule is COC(=O)CNCCS(=O)(=O)c1ccc(C#N)cc1. The summed E-state index contributed by atoms with van der Waals surface area (Å²) in [5.74, 6) is -0.577. The van der Waals surface area contributed by atoms with Crippen molar-refractivity contribution < 1.29 is 17.9 Å². The van der Waals surface area contributed by atoms with E-state index in [4.69, 9.17) is 5.26 Å². The number of benzene rings is 1. The molecule has 0 aliphatic rings. The number of ether oxygens (including phenoxy) is 1. The highest BCUT2D eigenvalue weighted by molar-refractivity contribution is 7.91. The molecule has 102 valence electrons. The van der Waals surface area contributed by atoms with Crippen LogP contribution in [-0.4, -0.2) is 40.3 Å². The van der Waals surface area contributed by atoms with Gasteiger partial charge in [0.05, 0.1) is 35.9 Å². The first-order chi connectivity index (χ1) is 8.99. The lowest BCUT2D eigenvalue weighted by Gasteiger charge is -2.05. The minimum absolute atomic E-state index is 0.0284. The van der Waals surface area contributed by atoms with Gasteiger partial charge in [0.25, 0.3) is 0 Å². The average Bonchev–Trinajstić information content (AvgIpc) is 2.43. The Morgan fingerprint density at radius 3 is 2.53 bits per heavy atom. The van der Waals surface area contributed by atoms with Crippen LogP contribution < -0.4 is 5.32 Å². The number of nitrogens with one attached hydrogen (secondary N) is 1. The third kappa shape index (κ3) is 4.69. The molecule has 0 unspecified atom stereocenters. The lowest BCUT2D eigenvalue weighted by Crippen LogP contribution is -2.28. The number of sulfone groups is 1. The summed E-state index contributed by atoms with van der Waals surface area (Å²) in [6.07, 6.45) is 0. The number of rotatable bonds is 6. The van der Waals surface area contributed by atoms with Crippen LogP contribution in [0.2, 0.25) is 0 Å². The zero-order valence-electron chi connectivity index (χ0n) is 10.4. The normalized spacial score (nSPS) is 10.7. The molecule has 1 rings (SSSR count). The Hall–Kier alpha value is -1.91. The Bertz CT molecular complexity index is 573. The van der Waals surface area contributed by atoms with E-state index in [1.54, 1.807) is 0 Å². The van der Waals surface area contributed by atoms with Gasteiger partial charge in [-0.05, 0) is 24.3 Å². The maximum Gasteiger partial charge on any atom is 0.319 e. The predicted octanol–water partition coefficient (Wildman–Crippen LogP) is 0.0946. The van der Waals surface area contributed by atoms with Crippen LogP contribution in [0.1, 0.15) is 5.56 Å². The van der Waals surface area contributed by atoms with Crippen LogP contribution in [0.25, 0.3) is 0 Å². The number of nitrogens with zero attached hydrogens (tertiary/aromatic N) is 1. The number of hydrogen-bond donors (Lipinski definition) is 1. The zero-order valence-corrected chi connectivity index (χ0v) is 11.2. The van der Waals surface area contributed by atoms with Crippen molar-refractivity contribution in [3.63, 3.8) is 0 Å². The zero-order chi connectivity index (χ0) is 14.3. The molecule has 1 aromatic rings. The van der Waals surface area contributed by atoms with Crippen molar-refractivity contribution in [1.82, 2.24) is 5.32 Å². The summed E-state index contributed by atoms with van der Waals surface area (Å²) in [5, 5.41) is 11.3. The van der Waals surface area contributed by atoms with Crippen molar-refractivity contribution in [1.29, 1.82) is 5.26 Å². The number of methoxy groups -OCH3 is 1. The maximum atomic E-state index is 11.9. The van der Waals surface area contributed by atoms with Gasteiger partial charge >= 0.3 is 5.97 Å². The Balaban J connectivity index is 2.56. The second kappa shape index (κ2) is 6.87.